The molecule has 33 heavy (non-hydrogen) atoms. The first-order valence-corrected chi connectivity index (χ1v) is 10.2. The Labute approximate surface area is 197 Å². The van der Waals surface area contributed by atoms with Crippen LogP contribution in [-0.4, -0.2) is 39.9 Å². The number of nitrogens with zero attached hydrogens (tertiary/aromatic N) is 3. The van der Waals surface area contributed by atoms with Gasteiger partial charge >= 0.3 is 5.97 Å². The van der Waals surface area contributed by atoms with Crippen molar-refractivity contribution in [1.82, 2.24) is 15.1 Å². The van der Waals surface area contributed by atoms with Crippen molar-refractivity contribution in [2.45, 2.75) is 12.5 Å². The summed E-state index contributed by atoms with van der Waals surface area (Å²) in [4.78, 5) is 36.8. The molecule has 1 amide bonds. The van der Waals surface area contributed by atoms with E-state index in [4.69, 9.17) is 27.9 Å². The maximum atomic E-state index is 12.6. The highest BCUT2D eigenvalue weighted by Crippen LogP contribution is 2.26. The van der Waals surface area contributed by atoms with Gasteiger partial charge < -0.3 is 20.4 Å². The summed E-state index contributed by atoms with van der Waals surface area (Å²) in [6.07, 6.45) is 3.24. The lowest BCUT2D eigenvalue weighted by molar-refractivity contribution is -0.605. The van der Waals surface area contributed by atoms with Crippen LogP contribution in [0.2, 0.25) is 10.0 Å². The van der Waals surface area contributed by atoms with Gasteiger partial charge in [0.1, 0.15) is 16.1 Å². The zero-order chi connectivity index (χ0) is 24.3. The van der Waals surface area contributed by atoms with Gasteiger partial charge in [-0.3, -0.25) is 9.59 Å². The van der Waals surface area contributed by atoms with E-state index in [-0.39, 0.29) is 27.6 Å². The Morgan fingerprint density at radius 3 is 2.39 bits per heavy atom. The van der Waals surface area contributed by atoms with E-state index in [0.717, 1.165) is 12.4 Å². The second kappa shape index (κ2) is 9.88. The van der Waals surface area contributed by atoms with Crippen molar-refractivity contribution >= 4 is 35.1 Å². The molecule has 0 aliphatic carbocycles. The molecule has 2 aromatic heterocycles. The van der Waals surface area contributed by atoms with E-state index in [1.807, 2.05) is 0 Å². The molecule has 0 aliphatic rings. The molecular weight excluding hydrogens is 475 g/mol. The Bertz CT molecular complexity index is 1250. The van der Waals surface area contributed by atoms with Crippen molar-refractivity contribution < 1.29 is 24.2 Å². The number of halogens is 2. The normalized spacial score (nSPS) is 11.6. The molecule has 1 atom stereocenters. The molecule has 3 aromatic rings. The number of carboxylic acids is 1. The second-order valence-corrected chi connectivity index (χ2v) is 7.79. The van der Waals surface area contributed by atoms with Gasteiger partial charge in [0, 0.05) is 13.5 Å². The number of amides is 1. The maximum absolute atomic E-state index is 12.6. The molecule has 3 rings (SSSR count). The molecule has 0 spiro atoms. The second-order valence-electron chi connectivity index (χ2n) is 6.97. The van der Waals surface area contributed by atoms with Gasteiger partial charge in [0.2, 0.25) is 0 Å². The van der Waals surface area contributed by atoms with Gasteiger partial charge in [-0.15, -0.1) is 0 Å². The van der Waals surface area contributed by atoms with E-state index in [1.165, 1.54) is 25.0 Å². The summed E-state index contributed by atoms with van der Waals surface area (Å²) < 4.78 is 6.74. The number of aliphatic carboxylic acids is 1. The Kier molecular flexibility index (Phi) is 7.19. The third kappa shape index (κ3) is 5.24. The van der Waals surface area contributed by atoms with E-state index in [0.29, 0.717) is 27.2 Å². The minimum atomic E-state index is -1.31. The smallest absolute Gasteiger partial charge is 0.326 e. The van der Waals surface area contributed by atoms with E-state index in [9.17, 15) is 24.7 Å². The summed E-state index contributed by atoms with van der Waals surface area (Å²) in [5.74, 6) is -1.81. The van der Waals surface area contributed by atoms with Crippen molar-refractivity contribution in [2.75, 3.05) is 7.11 Å². The van der Waals surface area contributed by atoms with Crippen LogP contribution in [0.1, 0.15) is 15.9 Å². The van der Waals surface area contributed by atoms with E-state index in [1.54, 1.807) is 24.3 Å². The molecule has 2 heterocycles. The molecule has 0 fully saturated rings. The molecule has 1 aromatic carbocycles. The van der Waals surface area contributed by atoms with E-state index >= 15 is 0 Å². The topological polar surface area (TPSA) is 137 Å². The van der Waals surface area contributed by atoms with Crippen LogP contribution in [0, 0.1) is 5.21 Å². The van der Waals surface area contributed by atoms with Gasteiger partial charge in [0.25, 0.3) is 11.5 Å². The number of carbonyl (C=O) groups is 2. The standard InChI is InChI=1S/C21H18Cl2N4O6/c1-26-20(29)17(16(33-2)8-24-26)12-5-3-11(4-6-12)7-15(21(30)31)25-19(28)18-13(22)9-27(32)10-14(18)23/h3-6,8-10,15H,7H2,1-2H3,(H,25,28)(H,30,31)/t15-/m0/s1. The number of aromatic nitrogens is 3. The van der Waals surface area contributed by atoms with Crippen LogP contribution in [-0.2, 0) is 18.3 Å². The van der Waals surface area contributed by atoms with Gasteiger partial charge in [0.15, 0.2) is 18.1 Å². The molecule has 0 aliphatic heterocycles. The van der Waals surface area contributed by atoms with Crippen LogP contribution in [0.25, 0.3) is 11.1 Å². The summed E-state index contributed by atoms with van der Waals surface area (Å²) in [6, 6.07) is 5.26. The van der Waals surface area contributed by atoms with Crippen LogP contribution >= 0.6 is 23.2 Å². The average molecular weight is 493 g/mol. The van der Waals surface area contributed by atoms with Crippen molar-refractivity contribution in [3.8, 4) is 16.9 Å². The van der Waals surface area contributed by atoms with Gasteiger partial charge in [0.05, 0.1) is 24.4 Å². The Balaban J connectivity index is 1.83. The first kappa shape index (κ1) is 24.0. The van der Waals surface area contributed by atoms with Gasteiger partial charge in [-0.1, -0.05) is 47.5 Å². The fraction of sp³-hybridized carbons (Fsp3) is 0.190. The van der Waals surface area contributed by atoms with Crippen LogP contribution in [0.4, 0.5) is 0 Å². The Morgan fingerprint density at radius 2 is 1.85 bits per heavy atom. The first-order valence-electron chi connectivity index (χ1n) is 9.43. The molecule has 2 N–H and O–H groups in total. The highest BCUT2D eigenvalue weighted by atomic mass is 35.5. The third-order valence-electron chi connectivity index (χ3n) is 4.79. The molecule has 172 valence electrons. The van der Waals surface area contributed by atoms with Crippen molar-refractivity contribution in [3.63, 3.8) is 0 Å². The number of rotatable bonds is 7. The molecular formula is C21H18Cl2N4O6. The quantitative estimate of drug-likeness (QED) is 0.378. The summed E-state index contributed by atoms with van der Waals surface area (Å²) in [5.41, 5.74) is 0.900. The van der Waals surface area contributed by atoms with E-state index < -0.39 is 17.9 Å². The summed E-state index contributed by atoms with van der Waals surface area (Å²) in [5, 5.41) is 26.8. The SMILES string of the molecule is COc1cnn(C)c(=O)c1-c1ccc(C[C@H](NC(=O)c2c(Cl)c[n+]([O-])cc2Cl)C(=O)O)cc1. The van der Waals surface area contributed by atoms with Crippen molar-refractivity contribution in [2.24, 2.45) is 7.05 Å². The van der Waals surface area contributed by atoms with Crippen molar-refractivity contribution in [1.29, 1.82) is 0 Å². The van der Waals surface area contributed by atoms with Crippen LogP contribution in [0.3, 0.4) is 0 Å². The van der Waals surface area contributed by atoms with E-state index in [2.05, 4.69) is 10.4 Å². The Morgan fingerprint density at radius 1 is 1.24 bits per heavy atom. The number of hydrogen-bond acceptors (Lipinski definition) is 6. The number of nitrogens with one attached hydrogen (secondary N) is 1. The van der Waals surface area contributed by atoms with Gasteiger partial charge in [-0.25, -0.2) is 9.48 Å². The number of ether oxygens (including phenoxy) is 1. The highest BCUT2D eigenvalue weighted by molar-refractivity contribution is 6.39. The highest BCUT2D eigenvalue weighted by Gasteiger charge is 2.25. The zero-order valence-electron chi connectivity index (χ0n) is 17.4. The lowest BCUT2D eigenvalue weighted by Crippen LogP contribution is -2.42. The predicted molar refractivity (Wildman–Crippen MR) is 119 cm³/mol. The van der Waals surface area contributed by atoms with Crippen molar-refractivity contribution in [3.05, 3.63) is 79.6 Å². The fourth-order valence-electron chi connectivity index (χ4n) is 3.14. The minimum absolute atomic E-state index is 0.0591. The molecule has 12 heteroatoms. The average Bonchev–Trinajstić information content (AvgIpc) is 2.75. The monoisotopic (exact) mass is 492 g/mol. The number of hydrogen-bond donors (Lipinski definition) is 2. The summed E-state index contributed by atoms with van der Waals surface area (Å²) in [6.45, 7) is 0. The molecule has 0 bridgehead atoms. The predicted octanol–water partition coefficient (Wildman–Crippen LogP) is 1.82. The fourth-order valence-corrected chi connectivity index (χ4v) is 3.75. The number of benzene rings is 1. The van der Waals surface area contributed by atoms with Crippen LogP contribution < -0.4 is 20.3 Å². The molecule has 0 unspecified atom stereocenters. The lowest BCUT2D eigenvalue weighted by atomic mass is 10.0. The lowest BCUT2D eigenvalue weighted by Gasteiger charge is -2.16. The number of carboxylic acid groups (broad SMARTS) is 1. The molecule has 0 saturated carbocycles. The Hall–Kier alpha value is -3.63. The van der Waals surface area contributed by atoms with Crippen LogP contribution in [0.15, 0.2) is 47.7 Å². The maximum Gasteiger partial charge on any atom is 0.326 e. The first-order chi connectivity index (χ1) is 15.6. The largest absolute Gasteiger partial charge is 0.619 e. The minimum Gasteiger partial charge on any atom is -0.619 e. The number of methoxy groups -OCH3 is 1. The van der Waals surface area contributed by atoms with Gasteiger partial charge in [-0.05, 0) is 11.1 Å². The molecule has 0 radical (unpaired) electrons. The number of aryl methyl sites for hydroxylation is 1. The number of pyridine rings is 1. The summed E-state index contributed by atoms with van der Waals surface area (Å²) >= 11 is 11.8. The molecule has 10 nitrogen and oxygen atoms in total. The summed E-state index contributed by atoms with van der Waals surface area (Å²) in [7, 11) is 2.94. The van der Waals surface area contributed by atoms with Gasteiger partial charge in [-0.2, -0.15) is 9.83 Å². The molecule has 0 saturated heterocycles. The zero-order valence-corrected chi connectivity index (χ0v) is 18.9. The third-order valence-corrected chi connectivity index (χ3v) is 5.37. The number of carbonyl (C=O) groups excluding carboxylic acids is 1. The van der Waals surface area contributed by atoms with Crippen LogP contribution in [0.5, 0.6) is 5.75 Å².